The Morgan fingerprint density at radius 2 is 1.27 bits per heavy atom. The van der Waals surface area contributed by atoms with E-state index < -0.39 is 0 Å². The average Bonchev–Trinajstić information content (AvgIpc) is 2.90. The highest BCUT2D eigenvalue weighted by Crippen LogP contribution is 2.24. The van der Waals surface area contributed by atoms with Crippen LogP contribution in [0.4, 0.5) is 0 Å². The molecule has 0 fully saturated rings. The first-order valence-corrected chi connectivity index (χ1v) is 13.9. The summed E-state index contributed by atoms with van der Waals surface area (Å²) in [5.41, 5.74) is 5.25. The largest absolute Gasteiger partial charge is 0.497 e. The number of carbonyl (C=O) groups excluding carboxylic acids is 1. The fourth-order valence-electron chi connectivity index (χ4n) is 4.06. The van der Waals surface area contributed by atoms with Crippen molar-refractivity contribution in [2.75, 3.05) is 7.11 Å². The quantitative estimate of drug-likeness (QED) is 0.179. The molecule has 0 amide bonds. The molecule has 0 aliphatic heterocycles. The highest BCUT2D eigenvalue weighted by atomic mass is 16.5. The molecule has 3 heteroatoms. The predicted octanol–water partition coefficient (Wildman–Crippen LogP) is 10.5. The lowest BCUT2D eigenvalue weighted by Crippen LogP contribution is -2.02. The number of esters is 1. The van der Waals surface area contributed by atoms with Crippen LogP contribution < -0.4 is 9.47 Å². The topological polar surface area (TPSA) is 35.5 Å². The van der Waals surface area contributed by atoms with E-state index in [-0.39, 0.29) is 13.4 Å². The molecule has 0 spiro atoms. The van der Waals surface area contributed by atoms with Gasteiger partial charge in [0.25, 0.3) is 0 Å². The van der Waals surface area contributed by atoms with Gasteiger partial charge in [-0.25, -0.2) is 0 Å². The molecule has 4 aromatic carbocycles. The van der Waals surface area contributed by atoms with Crippen molar-refractivity contribution >= 4 is 16.7 Å². The van der Waals surface area contributed by atoms with Gasteiger partial charge in [0.2, 0.25) is 0 Å². The Labute approximate surface area is 243 Å². The van der Waals surface area contributed by atoms with Gasteiger partial charge in [0.1, 0.15) is 11.5 Å². The second-order valence-corrected chi connectivity index (χ2v) is 11.0. The third kappa shape index (κ3) is 11.7. The van der Waals surface area contributed by atoms with Gasteiger partial charge in [-0.3, -0.25) is 4.79 Å². The normalized spacial score (nSPS) is 10.3. The van der Waals surface area contributed by atoms with Crippen molar-refractivity contribution in [3.05, 3.63) is 107 Å². The summed E-state index contributed by atoms with van der Waals surface area (Å²) >= 11 is 0. The molecule has 4 aromatic rings. The first kappa shape index (κ1) is 34.4. The van der Waals surface area contributed by atoms with Crippen LogP contribution in [0.1, 0.15) is 90.0 Å². The number of para-hydroxylation sites is 1. The van der Waals surface area contributed by atoms with Crippen LogP contribution in [0.5, 0.6) is 11.5 Å². The Bertz CT molecular complexity index is 1300. The lowest BCUT2D eigenvalue weighted by Gasteiger charge is -2.08. The third-order valence-electron chi connectivity index (χ3n) is 6.38. The minimum absolute atomic E-state index is 0. The van der Waals surface area contributed by atoms with E-state index in [4.69, 9.17) is 9.47 Å². The highest BCUT2D eigenvalue weighted by molar-refractivity contribution is 5.84. The molecule has 0 saturated carbocycles. The molecule has 3 nitrogen and oxygen atoms in total. The summed E-state index contributed by atoms with van der Waals surface area (Å²) in [5.74, 6) is 3.26. The van der Waals surface area contributed by atoms with Crippen LogP contribution in [0.3, 0.4) is 0 Å². The molecule has 0 atom stereocenters. The van der Waals surface area contributed by atoms with E-state index in [2.05, 4.69) is 96.1 Å². The molecule has 216 valence electrons. The van der Waals surface area contributed by atoms with E-state index in [1.165, 1.54) is 40.8 Å². The van der Waals surface area contributed by atoms with Gasteiger partial charge < -0.3 is 9.47 Å². The van der Waals surface area contributed by atoms with E-state index >= 15 is 0 Å². The van der Waals surface area contributed by atoms with Crippen molar-refractivity contribution in [1.82, 2.24) is 0 Å². The Balaban J connectivity index is 0.000000300. The standard InChI is InChI=1S/C14H16O.C13H20.C9H10O2.CH4/c1-10(2)11-4-5-13-9-14(15-3)7-6-12(13)8-11;1-10(2)9-12-5-7-13(8-6-12)11(3)4;1-7-5-3-4-6-9(7)11-8(2)10;/h4-10H,1-3H3;5-8,10-11H,9H2,1-4H3;3-6H,1-2H3;1H4. The third-order valence-corrected chi connectivity index (χ3v) is 6.38. The number of methoxy groups -OCH3 is 1. The first-order valence-electron chi connectivity index (χ1n) is 13.9. The zero-order chi connectivity index (χ0) is 28.9. The van der Waals surface area contributed by atoms with Gasteiger partial charge in [-0.05, 0) is 82.3 Å². The summed E-state index contributed by atoms with van der Waals surface area (Å²) in [6.07, 6.45) is 1.19. The maximum Gasteiger partial charge on any atom is 0.308 e. The van der Waals surface area contributed by atoms with Crippen LogP contribution in [0.15, 0.2) is 84.9 Å². The number of hydrogen-bond acceptors (Lipinski definition) is 3. The van der Waals surface area contributed by atoms with Crippen molar-refractivity contribution in [3.63, 3.8) is 0 Å². The lowest BCUT2D eigenvalue weighted by molar-refractivity contribution is -0.131. The Hall–Kier alpha value is -3.59. The molecule has 4 rings (SSSR count). The van der Waals surface area contributed by atoms with E-state index in [9.17, 15) is 4.79 Å². The van der Waals surface area contributed by atoms with Crippen molar-refractivity contribution < 1.29 is 14.3 Å². The predicted molar refractivity (Wildman–Crippen MR) is 173 cm³/mol. The van der Waals surface area contributed by atoms with Gasteiger partial charge >= 0.3 is 5.97 Å². The summed E-state index contributed by atoms with van der Waals surface area (Å²) in [6.45, 7) is 16.7. The monoisotopic (exact) mass is 542 g/mol. The van der Waals surface area contributed by atoms with E-state index in [1.54, 1.807) is 13.2 Å². The molecule has 0 aliphatic carbocycles. The van der Waals surface area contributed by atoms with Crippen LogP contribution in [0.25, 0.3) is 10.8 Å². The van der Waals surface area contributed by atoms with Gasteiger partial charge in [0.05, 0.1) is 7.11 Å². The van der Waals surface area contributed by atoms with Gasteiger partial charge in [-0.2, -0.15) is 0 Å². The summed E-state index contributed by atoms with van der Waals surface area (Å²) in [5, 5.41) is 2.51. The summed E-state index contributed by atoms with van der Waals surface area (Å²) in [4.78, 5) is 10.5. The van der Waals surface area contributed by atoms with Crippen LogP contribution in [-0.4, -0.2) is 13.1 Å². The van der Waals surface area contributed by atoms with Gasteiger partial charge in [-0.1, -0.05) is 116 Å². The minimum Gasteiger partial charge on any atom is -0.497 e. The van der Waals surface area contributed by atoms with Crippen molar-refractivity contribution in [1.29, 1.82) is 0 Å². The molecule has 0 N–H and O–H groups in total. The van der Waals surface area contributed by atoms with Crippen LogP contribution in [0, 0.1) is 12.8 Å². The number of hydrogen-bond donors (Lipinski definition) is 0. The molecule has 0 saturated heterocycles. The van der Waals surface area contributed by atoms with E-state index in [1.807, 2.05) is 31.2 Å². The molecular formula is C37H50O3. The number of ether oxygens (including phenoxy) is 2. The van der Waals surface area contributed by atoms with Gasteiger partial charge in [-0.15, -0.1) is 0 Å². The van der Waals surface area contributed by atoms with Crippen molar-refractivity contribution in [3.8, 4) is 11.5 Å². The van der Waals surface area contributed by atoms with Crippen LogP contribution in [-0.2, 0) is 11.2 Å². The second kappa shape index (κ2) is 17.2. The molecule has 0 aromatic heterocycles. The molecular weight excluding hydrogens is 492 g/mol. The fourth-order valence-corrected chi connectivity index (χ4v) is 4.06. The highest BCUT2D eigenvalue weighted by Gasteiger charge is 2.02. The fraction of sp³-hybridized carbons (Fsp3) is 0.378. The lowest BCUT2D eigenvalue weighted by atomic mass is 9.98. The second-order valence-electron chi connectivity index (χ2n) is 11.0. The number of aryl methyl sites for hydroxylation is 1. The molecule has 0 unspecified atom stereocenters. The molecule has 0 radical (unpaired) electrons. The van der Waals surface area contributed by atoms with Crippen LogP contribution in [0.2, 0.25) is 0 Å². The Morgan fingerprint density at radius 1 is 0.725 bits per heavy atom. The SMILES string of the molecule is C.CC(=O)Oc1ccccc1C.CC(C)Cc1ccc(C(C)C)cc1.COc1ccc2cc(C(C)C)ccc2c1. The maximum absolute atomic E-state index is 10.5. The zero-order valence-corrected chi connectivity index (χ0v) is 25.2. The summed E-state index contributed by atoms with van der Waals surface area (Å²) in [6, 6.07) is 29.2. The van der Waals surface area contributed by atoms with Gasteiger partial charge in [0.15, 0.2) is 0 Å². The summed E-state index contributed by atoms with van der Waals surface area (Å²) in [7, 11) is 1.70. The minimum atomic E-state index is -0.278. The summed E-state index contributed by atoms with van der Waals surface area (Å²) < 4.78 is 10.1. The number of carbonyl (C=O) groups is 1. The molecule has 40 heavy (non-hydrogen) atoms. The molecule has 0 heterocycles. The van der Waals surface area contributed by atoms with E-state index in [0.29, 0.717) is 17.6 Å². The Kier molecular flexibility index (Phi) is 14.8. The van der Waals surface area contributed by atoms with E-state index in [0.717, 1.165) is 17.2 Å². The first-order chi connectivity index (χ1) is 18.5. The zero-order valence-electron chi connectivity index (χ0n) is 25.2. The Morgan fingerprint density at radius 3 is 1.80 bits per heavy atom. The smallest absolute Gasteiger partial charge is 0.308 e. The molecule has 0 aliphatic rings. The van der Waals surface area contributed by atoms with Crippen molar-refractivity contribution in [2.24, 2.45) is 5.92 Å². The number of fused-ring (bicyclic) bond motifs is 1. The van der Waals surface area contributed by atoms with Gasteiger partial charge in [0, 0.05) is 6.92 Å². The number of benzene rings is 4. The molecule has 0 bridgehead atoms. The number of rotatable bonds is 6. The van der Waals surface area contributed by atoms with Crippen LogP contribution >= 0.6 is 0 Å². The maximum atomic E-state index is 10.5. The average molecular weight is 543 g/mol. The van der Waals surface area contributed by atoms with Crippen molar-refractivity contribution in [2.45, 2.75) is 81.1 Å².